The first-order valence-electron chi connectivity index (χ1n) is 9.25. The Morgan fingerprint density at radius 1 is 0.852 bits per heavy atom. The van der Waals surface area contributed by atoms with Gasteiger partial charge in [-0.1, -0.05) is 71.9 Å². The van der Waals surface area contributed by atoms with Crippen molar-refractivity contribution in [2.45, 2.75) is 63.0 Å². The molecule has 1 N–H and O–H groups in total. The summed E-state index contributed by atoms with van der Waals surface area (Å²) in [5.41, 5.74) is 5.36. The molecule has 0 spiro atoms. The number of H-pyrrole nitrogens is 1. The second kappa shape index (κ2) is 7.47. The van der Waals surface area contributed by atoms with E-state index in [0.29, 0.717) is 5.82 Å². The minimum atomic E-state index is 0.142. The zero-order valence-corrected chi connectivity index (χ0v) is 17.8. The standard InChI is InChI=1S/C22H28N4S/c1-21(2,3)17-11-18(22(4,5)6)13-19(12-17)27-14-15-7-9-16(10-8-15)20-23-25-26-24-20/h7-13H,14H2,1-6H3,(H,23,24,25,26). The van der Waals surface area contributed by atoms with Crippen LogP contribution in [-0.2, 0) is 16.6 Å². The van der Waals surface area contributed by atoms with Gasteiger partial charge in [-0.2, -0.15) is 0 Å². The van der Waals surface area contributed by atoms with Gasteiger partial charge in [-0.25, -0.2) is 5.10 Å². The van der Waals surface area contributed by atoms with Crippen LogP contribution in [0.2, 0.25) is 0 Å². The zero-order chi connectivity index (χ0) is 19.7. The van der Waals surface area contributed by atoms with Gasteiger partial charge in [-0.15, -0.1) is 16.9 Å². The second-order valence-corrected chi connectivity index (χ2v) is 10.0. The van der Waals surface area contributed by atoms with Crippen LogP contribution in [0.4, 0.5) is 0 Å². The molecule has 0 radical (unpaired) electrons. The monoisotopic (exact) mass is 380 g/mol. The molecule has 0 amide bonds. The van der Waals surface area contributed by atoms with E-state index in [1.165, 1.54) is 21.6 Å². The highest BCUT2D eigenvalue weighted by Gasteiger charge is 2.20. The summed E-state index contributed by atoms with van der Waals surface area (Å²) in [6.07, 6.45) is 0. The summed E-state index contributed by atoms with van der Waals surface area (Å²) in [7, 11) is 0. The van der Waals surface area contributed by atoms with Crippen molar-refractivity contribution in [3.05, 3.63) is 59.2 Å². The van der Waals surface area contributed by atoms with Gasteiger partial charge in [0.25, 0.3) is 0 Å². The third-order valence-electron chi connectivity index (χ3n) is 4.62. The number of nitrogens with one attached hydrogen (secondary N) is 1. The quantitative estimate of drug-likeness (QED) is 0.585. The van der Waals surface area contributed by atoms with Crippen LogP contribution < -0.4 is 0 Å². The Labute approximate surface area is 166 Å². The molecular formula is C22H28N4S. The molecule has 5 heteroatoms. The van der Waals surface area contributed by atoms with Gasteiger partial charge in [0.2, 0.25) is 0 Å². The highest BCUT2D eigenvalue weighted by molar-refractivity contribution is 7.98. The molecular weight excluding hydrogens is 352 g/mol. The fraction of sp³-hybridized carbons (Fsp3) is 0.409. The van der Waals surface area contributed by atoms with Crippen molar-refractivity contribution >= 4 is 11.8 Å². The smallest absolute Gasteiger partial charge is 0.179 e. The van der Waals surface area contributed by atoms with E-state index < -0.39 is 0 Å². The average molecular weight is 381 g/mol. The first-order valence-corrected chi connectivity index (χ1v) is 10.2. The molecule has 4 nitrogen and oxygen atoms in total. The maximum absolute atomic E-state index is 3.95. The number of hydrogen-bond donors (Lipinski definition) is 1. The van der Waals surface area contributed by atoms with Crippen molar-refractivity contribution in [1.29, 1.82) is 0 Å². The van der Waals surface area contributed by atoms with Crippen LogP contribution in [-0.4, -0.2) is 20.6 Å². The molecule has 3 rings (SSSR count). The van der Waals surface area contributed by atoms with Crippen LogP contribution in [0.5, 0.6) is 0 Å². The van der Waals surface area contributed by atoms with E-state index in [1.807, 2.05) is 11.8 Å². The van der Waals surface area contributed by atoms with Crippen molar-refractivity contribution in [2.24, 2.45) is 0 Å². The van der Waals surface area contributed by atoms with Crippen LogP contribution in [0.1, 0.15) is 58.2 Å². The Bertz CT molecular complexity index is 853. The number of rotatable bonds is 4. The molecule has 1 aromatic heterocycles. The van der Waals surface area contributed by atoms with Gasteiger partial charge in [0.05, 0.1) is 0 Å². The predicted molar refractivity (Wildman–Crippen MR) is 113 cm³/mol. The van der Waals surface area contributed by atoms with E-state index >= 15 is 0 Å². The van der Waals surface area contributed by atoms with Crippen molar-refractivity contribution in [2.75, 3.05) is 0 Å². The van der Waals surface area contributed by atoms with E-state index in [1.54, 1.807) is 0 Å². The summed E-state index contributed by atoms with van der Waals surface area (Å²) in [6, 6.07) is 15.5. The fourth-order valence-corrected chi connectivity index (χ4v) is 3.70. The summed E-state index contributed by atoms with van der Waals surface area (Å²) in [4.78, 5) is 1.33. The second-order valence-electron chi connectivity index (χ2n) is 8.98. The lowest BCUT2D eigenvalue weighted by atomic mass is 9.81. The summed E-state index contributed by atoms with van der Waals surface area (Å²) < 4.78 is 0. The van der Waals surface area contributed by atoms with Gasteiger partial charge in [-0.3, -0.25) is 0 Å². The first-order chi connectivity index (χ1) is 12.6. The molecule has 0 saturated carbocycles. The molecule has 27 heavy (non-hydrogen) atoms. The minimum absolute atomic E-state index is 0.142. The number of thioether (sulfide) groups is 1. The van der Waals surface area contributed by atoms with Gasteiger partial charge in [-0.05, 0) is 50.1 Å². The summed E-state index contributed by atoms with van der Waals surface area (Å²) in [6.45, 7) is 13.7. The van der Waals surface area contributed by atoms with Gasteiger partial charge < -0.3 is 0 Å². The van der Waals surface area contributed by atoms with Crippen LogP contribution in [0.3, 0.4) is 0 Å². The first kappa shape index (κ1) is 19.6. The third-order valence-corrected chi connectivity index (χ3v) is 5.66. The molecule has 0 saturated heterocycles. The Kier molecular flexibility index (Phi) is 5.43. The molecule has 1 heterocycles. The molecule has 0 aliphatic rings. The minimum Gasteiger partial charge on any atom is -0.239 e. The molecule has 2 aromatic carbocycles. The lowest BCUT2D eigenvalue weighted by Crippen LogP contribution is -2.16. The Morgan fingerprint density at radius 2 is 1.44 bits per heavy atom. The maximum Gasteiger partial charge on any atom is 0.179 e. The molecule has 0 atom stereocenters. The molecule has 0 aliphatic carbocycles. The highest BCUT2D eigenvalue weighted by atomic mass is 32.2. The fourth-order valence-electron chi connectivity index (χ4n) is 2.76. The van der Waals surface area contributed by atoms with E-state index in [2.05, 4.69) is 105 Å². The van der Waals surface area contributed by atoms with Crippen LogP contribution in [0, 0.1) is 0 Å². The molecule has 0 bridgehead atoms. The van der Waals surface area contributed by atoms with Crippen molar-refractivity contribution in [3.63, 3.8) is 0 Å². The summed E-state index contributed by atoms with van der Waals surface area (Å²) in [5, 5.41) is 14.0. The lowest BCUT2D eigenvalue weighted by Gasteiger charge is -2.26. The predicted octanol–water partition coefficient (Wildman–Crippen LogP) is 5.75. The van der Waals surface area contributed by atoms with Gasteiger partial charge in [0.15, 0.2) is 5.82 Å². The SMILES string of the molecule is CC(C)(C)c1cc(SCc2ccc(-c3nnn[nH]3)cc2)cc(C(C)(C)C)c1. The summed E-state index contributed by atoms with van der Waals surface area (Å²) >= 11 is 1.89. The molecule has 0 unspecified atom stereocenters. The Morgan fingerprint density at radius 3 is 1.93 bits per heavy atom. The van der Waals surface area contributed by atoms with Crippen LogP contribution in [0.25, 0.3) is 11.4 Å². The Hall–Kier alpha value is -2.14. The van der Waals surface area contributed by atoms with E-state index in [9.17, 15) is 0 Å². The Balaban J connectivity index is 1.79. The van der Waals surface area contributed by atoms with Gasteiger partial charge in [0.1, 0.15) is 0 Å². The van der Waals surface area contributed by atoms with Crippen molar-refractivity contribution in [3.8, 4) is 11.4 Å². The number of aromatic nitrogens is 4. The molecule has 142 valence electrons. The number of tetrazole rings is 1. The average Bonchev–Trinajstić information content (AvgIpc) is 3.13. The van der Waals surface area contributed by atoms with Gasteiger partial charge in [0, 0.05) is 16.2 Å². The third kappa shape index (κ3) is 4.98. The van der Waals surface area contributed by atoms with E-state index in [-0.39, 0.29) is 10.8 Å². The maximum atomic E-state index is 3.95. The number of benzene rings is 2. The number of hydrogen-bond acceptors (Lipinski definition) is 4. The zero-order valence-electron chi connectivity index (χ0n) is 17.0. The summed E-state index contributed by atoms with van der Waals surface area (Å²) in [5.74, 6) is 1.63. The number of aromatic amines is 1. The topological polar surface area (TPSA) is 54.5 Å². The molecule has 3 aromatic rings. The van der Waals surface area contributed by atoms with Gasteiger partial charge >= 0.3 is 0 Å². The van der Waals surface area contributed by atoms with Crippen LogP contribution >= 0.6 is 11.8 Å². The largest absolute Gasteiger partial charge is 0.239 e. The highest BCUT2D eigenvalue weighted by Crippen LogP contribution is 2.34. The lowest BCUT2D eigenvalue weighted by molar-refractivity contribution is 0.565. The van der Waals surface area contributed by atoms with Crippen molar-refractivity contribution in [1.82, 2.24) is 20.6 Å². The van der Waals surface area contributed by atoms with Crippen molar-refractivity contribution < 1.29 is 0 Å². The van der Waals surface area contributed by atoms with Crippen LogP contribution in [0.15, 0.2) is 47.4 Å². The molecule has 0 aliphatic heterocycles. The normalized spacial score (nSPS) is 12.4. The van der Waals surface area contributed by atoms with E-state index in [4.69, 9.17) is 0 Å². The van der Waals surface area contributed by atoms with E-state index in [0.717, 1.165) is 11.3 Å². The molecule has 0 fully saturated rings. The number of nitrogens with zero attached hydrogens (tertiary/aromatic N) is 3.